The van der Waals surface area contributed by atoms with Crippen LogP contribution in [0.1, 0.15) is 49.9 Å². The lowest BCUT2D eigenvalue weighted by Crippen LogP contribution is -2.23. The summed E-state index contributed by atoms with van der Waals surface area (Å²) < 4.78 is 7.12. The summed E-state index contributed by atoms with van der Waals surface area (Å²) in [5.41, 5.74) is 0. The van der Waals surface area contributed by atoms with Gasteiger partial charge in [-0.15, -0.1) is 5.10 Å². The Morgan fingerprint density at radius 1 is 1.37 bits per heavy atom. The molecule has 0 radical (unpaired) electrons. The average molecular weight is 266 g/mol. The molecular formula is C12H18N4O3. The van der Waals surface area contributed by atoms with E-state index in [4.69, 9.17) is 9.84 Å². The maximum Gasteiger partial charge on any atom is 0.305 e. The molecule has 1 saturated carbocycles. The molecule has 0 bridgehead atoms. The van der Waals surface area contributed by atoms with Gasteiger partial charge in [0.2, 0.25) is 0 Å². The number of tetrazole rings is 1. The maximum atomic E-state index is 11.0. The molecule has 7 nitrogen and oxygen atoms in total. The van der Waals surface area contributed by atoms with E-state index < -0.39 is 5.97 Å². The first-order chi connectivity index (χ1) is 9.25. The van der Waals surface area contributed by atoms with E-state index in [1.807, 2.05) is 0 Å². The van der Waals surface area contributed by atoms with Gasteiger partial charge in [-0.1, -0.05) is 0 Å². The number of carboxylic acid groups (broad SMARTS) is 1. The fraction of sp³-hybridized carbons (Fsp3) is 0.833. The second-order valence-electron chi connectivity index (χ2n) is 5.37. The van der Waals surface area contributed by atoms with Gasteiger partial charge >= 0.3 is 5.97 Å². The van der Waals surface area contributed by atoms with Crippen molar-refractivity contribution in [3.05, 3.63) is 5.82 Å². The van der Waals surface area contributed by atoms with Gasteiger partial charge in [0.1, 0.15) is 0 Å². The summed E-state index contributed by atoms with van der Waals surface area (Å²) in [6, 6.07) is -0.0923. The number of nitrogens with zero attached hydrogens (tertiary/aromatic N) is 4. The zero-order valence-corrected chi connectivity index (χ0v) is 10.7. The summed E-state index contributed by atoms with van der Waals surface area (Å²) in [6.45, 7) is 1.45. The lowest BCUT2D eigenvalue weighted by atomic mass is 9.98. The van der Waals surface area contributed by atoms with Crippen LogP contribution in [0.15, 0.2) is 0 Å². The number of rotatable bonds is 5. The van der Waals surface area contributed by atoms with Gasteiger partial charge in [-0.3, -0.25) is 4.79 Å². The molecule has 19 heavy (non-hydrogen) atoms. The molecule has 2 aliphatic rings. The minimum Gasteiger partial charge on any atom is -0.481 e. The Morgan fingerprint density at radius 3 is 2.74 bits per heavy atom. The van der Waals surface area contributed by atoms with E-state index in [9.17, 15) is 4.79 Å². The number of carboxylic acids is 1. The quantitative estimate of drug-likeness (QED) is 0.854. The topological polar surface area (TPSA) is 90.1 Å². The summed E-state index contributed by atoms with van der Waals surface area (Å²) in [7, 11) is 0. The summed E-state index contributed by atoms with van der Waals surface area (Å²) in [4.78, 5) is 11.0. The number of carbonyl (C=O) groups is 1. The van der Waals surface area contributed by atoms with Crippen LogP contribution in [0, 0.1) is 5.92 Å². The fourth-order valence-corrected chi connectivity index (χ4v) is 2.77. The van der Waals surface area contributed by atoms with E-state index in [1.54, 1.807) is 4.68 Å². The average Bonchev–Trinajstić information content (AvgIpc) is 3.14. The first-order valence-corrected chi connectivity index (χ1v) is 6.83. The minimum atomic E-state index is -0.787. The molecule has 1 atom stereocenters. The van der Waals surface area contributed by atoms with E-state index in [2.05, 4.69) is 15.5 Å². The molecule has 1 aromatic heterocycles. The van der Waals surface area contributed by atoms with Crippen molar-refractivity contribution in [2.24, 2.45) is 5.92 Å². The zero-order valence-electron chi connectivity index (χ0n) is 10.7. The molecule has 1 saturated heterocycles. The van der Waals surface area contributed by atoms with E-state index in [-0.39, 0.29) is 12.5 Å². The third kappa shape index (κ3) is 2.75. The van der Waals surface area contributed by atoms with Crippen molar-refractivity contribution < 1.29 is 14.6 Å². The third-order valence-corrected chi connectivity index (χ3v) is 3.97. The van der Waals surface area contributed by atoms with Gasteiger partial charge < -0.3 is 9.84 Å². The second-order valence-corrected chi connectivity index (χ2v) is 5.37. The Balaban J connectivity index is 1.82. The summed E-state index contributed by atoms with van der Waals surface area (Å²) in [5.74, 6) is 0.753. The van der Waals surface area contributed by atoms with E-state index in [1.165, 1.54) is 0 Å². The van der Waals surface area contributed by atoms with Crippen molar-refractivity contribution in [3.63, 3.8) is 0 Å². The highest BCUT2D eigenvalue weighted by Gasteiger charge is 2.37. The van der Waals surface area contributed by atoms with Crippen molar-refractivity contribution in [2.75, 3.05) is 13.2 Å². The van der Waals surface area contributed by atoms with Crippen molar-refractivity contribution in [2.45, 2.75) is 44.1 Å². The molecule has 1 aliphatic carbocycles. The first-order valence-electron chi connectivity index (χ1n) is 6.83. The van der Waals surface area contributed by atoms with Gasteiger partial charge in [0, 0.05) is 19.1 Å². The molecule has 0 amide bonds. The van der Waals surface area contributed by atoms with E-state index >= 15 is 0 Å². The van der Waals surface area contributed by atoms with Crippen LogP contribution in [0.4, 0.5) is 0 Å². The molecule has 1 aromatic rings. The zero-order chi connectivity index (χ0) is 13.2. The van der Waals surface area contributed by atoms with Gasteiger partial charge in [0.15, 0.2) is 5.82 Å². The second kappa shape index (κ2) is 5.24. The van der Waals surface area contributed by atoms with Crippen LogP contribution in [-0.2, 0) is 9.53 Å². The van der Waals surface area contributed by atoms with Crippen LogP contribution in [0.2, 0.25) is 0 Å². The highest BCUT2D eigenvalue weighted by atomic mass is 16.5. The SMILES string of the molecule is O=C(O)CC(C1CC1)n1nnnc1C1CCOCC1. The van der Waals surface area contributed by atoms with Crippen molar-refractivity contribution in [1.82, 2.24) is 20.2 Å². The standard InChI is InChI=1S/C12H18N4O3/c17-11(18)7-10(8-1-2-8)16-12(13-14-15-16)9-3-5-19-6-4-9/h8-10H,1-7H2,(H,17,18). The molecule has 0 spiro atoms. The van der Waals surface area contributed by atoms with Gasteiger partial charge in [-0.05, 0) is 42.0 Å². The Hall–Kier alpha value is -1.50. The van der Waals surface area contributed by atoms with E-state index in [0.717, 1.165) is 44.7 Å². The van der Waals surface area contributed by atoms with Crippen molar-refractivity contribution in [3.8, 4) is 0 Å². The number of hydrogen-bond donors (Lipinski definition) is 1. The molecule has 2 fully saturated rings. The van der Waals surface area contributed by atoms with Crippen LogP contribution >= 0.6 is 0 Å². The Morgan fingerprint density at radius 2 is 2.11 bits per heavy atom. The fourth-order valence-electron chi connectivity index (χ4n) is 2.77. The lowest BCUT2D eigenvalue weighted by Gasteiger charge is -2.23. The smallest absolute Gasteiger partial charge is 0.305 e. The Kier molecular flexibility index (Phi) is 3.46. The van der Waals surface area contributed by atoms with Crippen LogP contribution in [0.25, 0.3) is 0 Å². The van der Waals surface area contributed by atoms with Crippen LogP contribution in [0.5, 0.6) is 0 Å². The summed E-state index contributed by atoms with van der Waals surface area (Å²) >= 11 is 0. The lowest BCUT2D eigenvalue weighted by molar-refractivity contribution is -0.138. The van der Waals surface area contributed by atoms with Crippen LogP contribution < -0.4 is 0 Å². The third-order valence-electron chi connectivity index (χ3n) is 3.97. The Labute approximate surface area is 110 Å². The number of hydrogen-bond acceptors (Lipinski definition) is 5. The maximum absolute atomic E-state index is 11.0. The van der Waals surface area contributed by atoms with Crippen molar-refractivity contribution in [1.29, 1.82) is 0 Å². The molecule has 1 aliphatic heterocycles. The highest BCUT2D eigenvalue weighted by molar-refractivity contribution is 5.67. The number of ether oxygens (including phenoxy) is 1. The minimum absolute atomic E-state index is 0.0923. The molecular weight excluding hydrogens is 248 g/mol. The predicted molar refractivity (Wildman–Crippen MR) is 64.6 cm³/mol. The molecule has 1 N–H and O–H groups in total. The van der Waals surface area contributed by atoms with Gasteiger partial charge in [0.05, 0.1) is 12.5 Å². The molecule has 7 heteroatoms. The van der Waals surface area contributed by atoms with Crippen LogP contribution in [-0.4, -0.2) is 44.5 Å². The molecule has 3 rings (SSSR count). The van der Waals surface area contributed by atoms with Gasteiger partial charge in [-0.25, -0.2) is 4.68 Å². The normalized spacial score (nSPS) is 22.3. The molecule has 2 heterocycles. The van der Waals surface area contributed by atoms with E-state index in [0.29, 0.717) is 11.8 Å². The Bertz CT molecular complexity index is 452. The summed E-state index contributed by atoms with van der Waals surface area (Å²) in [6.07, 6.45) is 4.07. The van der Waals surface area contributed by atoms with Crippen LogP contribution in [0.3, 0.4) is 0 Å². The van der Waals surface area contributed by atoms with Gasteiger partial charge in [-0.2, -0.15) is 0 Å². The highest BCUT2D eigenvalue weighted by Crippen LogP contribution is 2.42. The monoisotopic (exact) mass is 266 g/mol. The number of aliphatic carboxylic acids is 1. The molecule has 1 unspecified atom stereocenters. The largest absolute Gasteiger partial charge is 0.481 e. The predicted octanol–water partition coefficient (Wildman–Crippen LogP) is 0.993. The van der Waals surface area contributed by atoms with Gasteiger partial charge in [0.25, 0.3) is 0 Å². The number of aromatic nitrogens is 4. The first kappa shape index (κ1) is 12.5. The van der Waals surface area contributed by atoms with Crippen molar-refractivity contribution >= 4 is 5.97 Å². The molecule has 104 valence electrons. The molecule has 0 aromatic carbocycles. The summed E-state index contributed by atoms with van der Waals surface area (Å²) in [5, 5.41) is 21.0.